The Morgan fingerprint density at radius 3 is 2.49 bits per heavy atom. The highest BCUT2D eigenvalue weighted by molar-refractivity contribution is 5.73. The summed E-state index contributed by atoms with van der Waals surface area (Å²) in [6.45, 7) is 9.54. The SMILES string of the molecule is CO[C@@H]1[C@H]2OC(C)(C)O[C@H]2[C@H](Oc2ccc(CCNC(C)=O)c(-c3cccc(F)c3)c2)OC1(C)C. The summed E-state index contributed by atoms with van der Waals surface area (Å²) in [7, 11) is 1.63. The number of fused-ring (bicyclic) bond motifs is 1. The summed E-state index contributed by atoms with van der Waals surface area (Å²) >= 11 is 0. The Morgan fingerprint density at radius 1 is 1.06 bits per heavy atom. The fourth-order valence-corrected chi connectivity index (χ4v) is 4.88. The molecule has 0 radical (unpaired) electrons. The number of ether oxygens (including phenoxy) is 5. The van der Waals surface area contributed by atoms with Gasteiger partial charge in [0.1, 0.15) is 23.8 Å². The second kappa shape index (κ2) is 9.85. The molecule has 0 aromatic heterocycles. The molecule has 4 atom stereocenters. The number of methoxy groups -OCH3 is 1. The maximum Gasteiger partial charge on any atom is 0.229 e. The maximum atomic E-state index is 14.0. The molecule has 2 heterocycles. The topological polar surface area (TPSA) is 75.3 Å². The first-order valence-corrected chi connectivity index (χ1v) is 11.9. The molecule has 2 aromatic rings. The summed E-state index contributed by atoms with van der Waals surface area (Å²) < 4.78 is 44.7. The monoisotopic (exact) mass is 487 g/mol. The van der Waals surface area contributed by atoms with Gasteiger partial charge in [0.05, 0.1) is 5.60 Å². The van der Waals surface area contributed by atoms with Crippen LogP contribution in [0.4, 0.5) is 4.39 Å². The average Bonchev–Trinajstić information content (AvgIpc) is 3.09. The number of hydrogen-bond donors (Lipinski definition) is 1. The van der Waals surface area contributed by atoms with E-state index in [1.165, 1.54) is 19.1 Å². The van der Waals surface area contributed by atoms with Crippen molar-refractivity contribution in [3.05, 3.63) is 53.8 Å². The number of carbonyl (C=O) groups excluding carboxylic acids is 1. The first kappa shape index (κ1) is 25.6. The Balaban J connectivity index is 1.64. The van der Waals surface area contributed by atoms with E-state index in [0.717, 1.165) is 16.7 Å². The lowest BCUT2D eigenvalue weighted by Crippen LogP contribution is -2.62. The van der Waals surface area contributed by atoms with E-state index in [2.05, 4.69) is 5.32 Å². The molecule has 8 heteroatoms. The maximum absolute atomic E-state index is 14.0. The molecular weight excluding hydrogens is 453 g/mol. The van der Waals surface area contributed by atoms with Crippen LogP contribution in [0.25, 0.3) is 11.1 Å². The zero-order valence-corrected chi connectivity index (χ0v) is 21.1. The van der Waals surface area contributed by atoms with Crippen molar-refractivity contribution >= 4 is 5.91 Å². The third-order valence-electron chi connectivity index (χ3n) is 6.33. The van der Waals surface area contributed by atoms with Gasteiger partial charge in [-0.2, -0.15) is 0 Å². The molecule has 0 aliphatic carbocycles. The van der Waals surface area contributed by atoms with E-state index >= 15 is 0 Å². The minimum Gasteiger partial charge on any atom is -0.462 e. The highest BCUT2D eigenvalue weighted by atomic mass is 19.1. The van der Waals surface area contributed by atoms with Crippen molar-refractivity contribution in [3.8, 4) is 16.9 Å². The van der Waals surface area contributed by atoms with Gasteiger partial charge < -0.3 is 29.0 Å². The minimum atomic E-state index is -0.808. The van der Waals surface area contributed by atoms with Crippen molar-refractivity contribution in [2.45, 2.75) is 77.0 Å². The quantitative estimate of drug-likeness (QED) is 0.630. The average molecular weight is 488 g/mol. The molecule has 7 nitrogen and oxygen atoms in total. The van der Waals surface area contributed by atoms with Gasteiger partial charge in [-0.25, -0.2) is 4.39 Å². The fourth-order valence-electron chi connectivity index (χ4n) is 4.88. The van der Waals surface area contributed by atoms with Gasteiger partial charge in [-0.3, -0.25) is 4.79 Å². The van der Waals surface area contributed by atoms with Crippen LogP contribution < -0.4 is 10.1 Å². The van der Waals surface area contributed by atoms with Crippen molar-refractivity contribution in [2.24, 2.45) is 0 Å². The number of nitrogens with one attached hydrogen (secondary N) is 1. The number of benzene rings is 2. The van der Waals surface area contributed by atoms with Gasteiger partial charge in [-0.15, -0.1) is 0 Å². The molecular formula is C27H34FNO6. The summed E-state index contributed by atoms with van der Waals surface area (Å²) in [6, 6.07) is 12.1. The first-order valence-electron chi connectivity index (χ1n) is 11.9. The van der Waals surface area contributed by atoms with Crippen LogP contribution in [0.15, 0.2) is 42.5 Å². The van der Waals surface area contributed by atoms with Crippen LogP contribution >= 0.6 is 0 Å². The zero-order chi connectivity index (χ0) is 25.4. The molecule has 2 aliphatic heterocycles. The van der Waals surface area contributed by atoms with E-state index in [4.69, 9.17) is 23.7 Å². The van der Waals surface area contributed by atoms with E-state index in [0.29, 0.717) is 18.7 Å². The standard InChI is InChI=1S/C27H34FNO6/c1-16(30)29-13-12-17-10-11-20(15-21(17)18-8-7-9-19(28)14-18)32-25-23-22(33-27(4,5)34-23)24(31-6)26(2,3)35-25/h7-11,14-15,22-25H,12-13H2,1-6H3,(H,29,30)/t22-,23+,24+,25+/m0/s1. The summed E-state index contributed by atoms with van der Waals surface area (Å²) in [4.78, 5) is 11.3. The molecule has 4 rings (SSSR count). The van der Waals surface area contributed by atoms with Crippen molar-refractivity contribution in [1.82, 2.24) is 5.32 Å². The Labute approximate surface area is 205 Å². The number of rotatable bonds is 7. The Kier molecular flexibility index (Phi) is 7.20. The normalized spacial score (nSPS) is 26.7. The van der Waals surface area contributed by atoms with Crippen LogP contribution in [-0.4, -0.2) is 55.6 Å². The summed E-state index contributed by atoms with van der Waals surface area (Å²) in [5, 5.41) is 2.81. The lowest BCUT2D eigenvalue weighted by atomic mass is 9.89. The largest absolute Gasteiger partial charge is 0.462 e. The van der Waals surface area contributed by atoms with Gasteiger partial charge >= 0.3 is 0 Å². The van der Waals surface area contributed by atoms with Crippen LogP contribution in [0.2, 0.25) is 0 Å². The van der Waals surface area contributed by atoms with Gasteiger partial charge in [0.2, 0.25) is 12.2 Å². The van der Waals surface area contributed by atoms with E-state index < -0.39 is 23.8 Å². The van der Waals surface area contributed by atoms with Gasteiger partial charge in [0.15, 0.2) is 11.9 Å². The third-order valence-corrected chi connectivity index (χ3v) is 6.33. The summed E-state index contributed by atoms with van der Waals surface area (Å²) in [5.74, 6) is -0.681. The Morgan fingerprint density at radius 2 is 1.80 bits per heavy atom. The van der Waals surface area contributed by atoms with Crippen LogP contribution in [0.5, 0.6) is 5.75 Å². The second-order valence-electron chi connectivity index (χ2n) is 9.99. The zero-order valence-electron chi connectivity index (χ0n) is 21.1. The number of halogens is 1. The van der Waals surface area contributed by atoms with Crippen LogP contribution in [-0.2, 0) is 30.2 Å². The lowest BCUT2D eigenvalue weighted by Gasteiger charge is -2.46. The smallest absolute Gasteiger partial charge is 0.229 e. The first-order chi connectivity index (χ1) is 16.5. The predicted octanol–water partition coefficient (Wildman–Crippen LogP) is 4.22. The molecule has 2 aromatic carbocycles. The summed E-state index contributed by atoms with van der Waals surface area (Å²) in [5.41, 5.74) is 1.81. The fraction of sp³-hybridized carbons (Fsp3) is 0.519. The van der Waals surface area contributed by atoms with Crippen molar-refractivity contribution in [1.29, 1.82) is 0 Å². The van der Waals surface area contributed by atoms with E-state index in [9.17, 15) is 9.18 Å². The molecule has 0 unspecified atom stereocenters. The second-order valence-corrected chi connectivity index (χ2v) is 9.99. The molecule has 0 saturated carbocycles. The number of hydrogen-bond acceptors (Lipinski definition) is 6. The van der Waals surface area contributed by atoms with Gasteiger partial charge in [-0.05, 0) is 75.1 Å². The van der Waals surface area contributed by atoms with Gasteiger partial charge in [0, 0.05) is 20.6 Å². The molecule has 35 heavy (non-hydrogen) atoms. The number of amides is 1. The van der Waals surface area contributed by atoms with E-state index in [1.807, 2.05) is 52.0 Å². The van der Waals surface area contributed by atoms with Gasteiger partial charge in [0.25, 0.3) is 0 Å². The molecule has 1 N–H and O–H groups in total. The van der Waals surface area contributed by atoms with Crippen LogP contribution in [0.3, 0.4) is 0 Å². The predicted molar refractivity (Wildman–Crippen MR) is 128 cm³/mol. The Bertz CT molecular complexity index is 1070. The van der Waals surface area contributed by atoms with Crippen LogP contribution in [0, 0.1) is 5.82 Å². The van der Waals surface area contributed by atoms with E-state index in [-0.39, 0.29) is 23.9 Å². The van der Waals surface area contributed by atoms with Crippen molar-refractivity contribution in [3.63, 3.8) is 0 Å². The van der Waals surface area contributed by atoms with E-state index in [1.54, 1.807) is 13.2 Å². The van der Waals surface area contributed by atoms with Gasteiger partial charge in [-0.1, -0.05) is 18.2 Å². The molecule has 0 spiro atoms. The number of carbonyl (C=O) groups is 1. The highest BCUT2D eigenvalue weighted by Crippen LogP contribution is 2.43. The highest BCUT2D eigenvalue weighted by Gasteiger charge is 2.59. The lowest BCUT2D eigenvalue weighted by molar-refractivity contribution is -0.283. The molecule has 1 amide bonds. The molecule has 2 fully saturated rings. The third kappa shape index (κ3) is 5.67. The van der Waals surface area contributed by atoms with Crippen LogP contribution in [0.1, 0.15) is 40.2 Å². The molecule has 2 saturated heterocycles. The Hall–Kier alpha value is -2.52. The summed E-state index contributed by atoms with van der Waals surface area (Å²) in [6.07, 6.45) is -1.37. The molecule has 190 valence electrons. The van der Waals surface area contributed by atoms with Crippen molar-refractivity contribution in [2.75, 3.05) is 13.7 Å². The molecule has 0 bridgehead atoms. The van der Waals surface area contributed by atoms with Crippen molar-refractivity contribution < 1.29 is 32.9 Å². The minimum absolute atomic E-state index is 0.0973. The molecule has 2 aliphatic rings.